The summed E-state index contributed by atoms with van der Waals surface area (Å²) in [7, 11) is 1.37. The van der Waals surface area contributed by atoms with Crippen LogP contribution in [0.15, 0.2) is 29.6 Å². The van der Waals surface area contributed by atoms with E-state index in [-0.39, 0.29) is 11.3 Å². The maximum Gasteiger partial charge on any atom is 0.325 e. The number of hydrogen-bond donors (Lipinski definition) is 1. The fourth-order valence-corrected chi connectivity index (χ4v) is 4.81. The molecule has 1 aromatic carbocycles. The molecule has 1 spiro atoms. The predicted molar refractivity (Wildman–Crippen MR) is 96.5 cm³/mol. The summed E-state index contributed by atoms with van der Waals surface area (Å²) in [4.78, 5) is 40.3. The SMILES string of the molecule is COc1ccc(F)cc1C(=O)CN1C(=O)NC2(CCCc3sccc32)C1=O. The highest BCUT2D eigenvalue weighted by molar-refractivity contribution is 7.10. The minimum Gasteiger partial charge on any atom is -0.496 e. The van der Waals surface area contributed by atoms with E-state index in [9.17, 15) is 18.8 Å². The van der Waals surface area contributed by atoms with E-state index in [4.69, 9.17) is 4.74 Å². The van der Waals surface area contributed by atoms with Gasteiger partial charge in [0.2, 0.25) is 0 Å². The highest BCUT2D eigenvalue weighted by atomic mass is 32.1. The number of carbonyl (C=O) groups is 3. The zero-order valence-corrected chi connectivity index (χ0v) is 15.4. The summed E-state index contributed by atoms with van der Waals surface area (Å²) in [5.41, 5.74) is -0.286. The third-order valence-corrected chi connectivity index (χ3v) is 6.08. The van der Waals surface area contributed by atoms with Crippen LogP contribution in [0.5, 0.6) is 5.75 Å². The number of nitrogens with zero attached hydrogens (tertiary/aromatic N) is 1. The summed E-state index contributed by atoms with van der Waals surface area (Å²) < 4.78 is 18.7. The van der Waals surface area contributed by atoms with Crippen LogP contribution < -0.4 is 10.1 Å². The molecular weight excluding hydrogens is 371 g/mol. The Morgan fingerprint density at radius 3 is 2.96 bits per heavy atom. The predicted octanol–water partition coefficient (Wildman–Crippen LogP) is 2.86. The Hall–Kier alpha value is -2.74. The smallest absolute Gasteiger partial charge is 0.325 e. The summed E-state index contributed by atoms with van der Waals surface area (Å²) >= 11 is 1.56. The average Bonchev–Trinajstić information content (AvgIpc) is 3.22. The molecule has 6 nitrogen and oxygen atoms in total. The molecule has 0 radical (unpaired) electrons. The van der Waals surface area contributed by atoms with Crippen molar-refractivity contribution in [2.75, 3.05) is 13.7 Å². The van der Waals surface area contributed by atoms with Crippen molar-refractivity contribution in [2.24, 2.45) is 0 Å². The lowest BCUT2D eigenvalue weighted by atomic mass is 9.80. The number of Topliss-reactive ketones (excluding diaryl/α,β-unsaturated/α-hetero) is 1. The highest BCUT2D eigenvalue weighted by Gasteiger charge is 2.54. The average molecular weight is 388 g/mol. The van der Waals surface area contributed by atoms with Gasteiger partial charge in [-0.05, 0) is 48.9 Å². The van der Waals surface area contributed by atoms with E-state index in [1.807, 2.05) is 11.4 Å². The number of ether oxygens (including phenoxy) is 1. The second-order valence-corrected chi connectivity index (χ2v) is 7.61. The lowest BCUT2D eigenvalue weighted by Crippen LogP contribution is -2.46. The third-order valence-electron chi connectivity index (χ3n) is 5.10. The molecule has 4 rings (SSSR count). The molecule has 2 aromatic rings. The first kappa shape index (κ1) is 17.7. The van der Waals surface area contributed by atoms with Crippen LogP contribution in [-0.4, -0.2) is 36.3 Å². The molecule has 1 atom stereocenters. The number of benzene rings is 1. The number of imide groups is 1. The second-order valence-electron chi connectivity index (χ2n) is 6.61. The molecule has 1 unspecified atom stereocenters. The summed E-state index contributed by atoms with van der Waals surface area (Å²) in [5, 5.41) is 4.70. The number of aryl methyl sites for hydroxylation is 1. The lowest BCUT2D eigenvalue weighted by Gasteiger charge is -2.31. The van der Waals surface area contributed by atoms with Gasteiger partial charge in [0.1, 0.15) is 17.1 Å². The third kappa shape index (κ3) is 2.71. The van der Waals surface area contributed by atoms with Crippen molar-refractivity contribution >= 4 is 29.1 Å². The van der Waals surface area contributed by atoms with Crippen LogP contribution in [0.1, 0.15) is 33.6 Å². The number of nitrogens with one attached hydrogen (secondary N) is 1. The van der Waals surface area contributed by atoms with Crippen LogP contribution in [0.4, 0.5) is 9.18 Å². The number of urea groups is 1. The standard InChI is InChI=1S/C19H17FN2O4S/c1-26-15-5-4-11(20)9-12(15)14(23)10-22-17(24)19(21-18(22)25)7-2-3-16-13(19)6-8-27-16/h4-6,8-9H,2-3,7,10H2,1H3,(H,21,25). The van der Waals surface area contributed by atoms with Crippen LogP contribution in [0, 0.1) is 5.82 Å². The normalized spacial score (nSPS) is 21.3. The summed E-state index contributed by atoms with van der Waals surface area (Å²) in [5.74, 6) is -1.40. The topological polar surface area (TPSA) is 75.7 Å². The summed E-state index contributed by atoms with van der Waals surface area (Å²) in [6.45, 7) is -0.467. The van der Waals surface area contributed by atoms with Crippen LogP contribution >= 0.6 is 11.3 Å². The molecule has 1 fully saturated rings. The fourth-order valence-electron chi connectivity index (χ4n) is 3.81. The van der Waals surface area contributed by atoms with Crippen molar-refractivity contribution in [2.45, 2.75) is 24.8 Å². The van der Waals surface area contributed by atoms with Gasteiger partial charge in [0, 0.05) is 10.4 Å². The van der Waals surface area contributed by atoms with E-state index in [2.05, 4.69) is 5.32 Å². The number of methoxy groups -OCH3 is 1. The maximum absolute atomic E-state index is 13.6. The quantitative estimate of drug-likeness (QED) is 0.646. The Morgan fingerprint density at radius 1 is 1.37 bits per heavy atom. The van der Waals surface area contributed by atoms with E-state index in [1.165, 1.54) is 19.2 Å². The first-order valence-corrected chi connectivity index (χ1v) is 9.42. The van der Waals surface area contributed by atoms with Gasteiger partial charge in [-0.3, -0.25) is 14.5 Å². The van der Waals surface area contributed by atoms with Gasteiger partial charge < -0.3 is 10.1 Å². The summed E-state index contributed by atoms with van der Waals surface area (Å²) in [6.07, 6.45) is 2.14. The molecule has 140 valence electrons. The number of amides is 3. The first-order chi connectivity index (χ1) is 13.0. The van der Waals surface area contributed by atoms with Gasteiger partial charge in [0.25, 0.3) is 5.91 Å². The molecule has 1 N–H and O–H groups in total. The Morgan fingerprint density at radius 2 is 2.19 bits per heavy atom. The monoisotopic (exact) mass is 388 g/mol. The molecule has 27 heavy (non-hydrogen) atoms. The number of ketones is 1. The van der Waals surface area contributed by atoms with Crippen molar-refractivity contribution in [3.63, 3.8) is 0 Å². The minimum atomic E-state index is -1.10. The number of hydrogen-bond acceptors (Lipinski definition) is 5. The van der Waals surface area contributed by atoms with E-state index in [0.717, 1.165) is 34.2 Å². The number of fused-ring (bicyclic) bond motifs is 2. The molecule has 1 aromatic heterocycles. The van der Waals surface area contributed by atoms with Crippen LogP contribution in [0.3, 0.4) is 0 Å². The van der Waals surface area contributed by atoms with Crippen molar-refractivity contribution in [1.82, 2.24) is 10.2 Å². The first-order valence-electron chi connectivity index (χ1n) is 8.54. The Balaban J connectivity index is 1.63. The van der Waals surface area contributed by atoms with Crippen LogP contribution in [0.25, 0.3) is 0 Å². The molecule has 1 aliphatic heterocycles. The van der Waals surface area contributed by atoms with Gasteiger partial charge in [0.15, 0.2) is 5.78 Å². The Kier molecular flexibility index (Phi) is 4.22. The van der Waals surface area contributed by atoms with Gasteiger partial charge in [-0.2, -0.15) is 0 Å². The van der Waals surface area contributed by atoms with Crippen molar-refractivity contribution in [1.29, 1.82) is 0 Å². The van der Waals surface area contributed by atoms with Crippen LogP contribution in [-0.2, 0) is 16.8 Å². The van der Waals surface area contributed by atoms with Crippen molar-refractivity contribution < 1.29 is 23.5 Å². The van der Waals surface area contributed by atoms with Crippen molar-refractivity contribution in [3.05, 3.63) is 51.5 Å². The van der Waals surface area contributed by atoms with Gasteiger partial charge in [-0.1, -0.05) is 0 Å². The number of carbonyl (C=O) groups excluding carboxylic acids is 3. The number of thiophene rings is 1. The Labute approximate surface area is 158 Å². The van der Waals surface area contributed by atoms with E-state index in [0.29, 0.717) is 6.42 Å². The van der Waals surface area contributed by atoms with Gasteiger partial charge in [-0.15, -0.1) is 11.3 Å². The van der Waals surface area contributed by atoms with E-state index in [1.54, 1.807) is 11.3 Å². The molecule has 0 bridgehead atoms. The molecular formula is C19H17FN2O4S. The Bertz CT molecular complexity index is 957. The van der Waals surface area contributed by atoms with Gasteiger partial charge in [0.05, 0.1) is 19.2 Å². The molecule has 2 heterocycles. The highest BCUT2D eigenvalue weighted by Crippen LogP contribution is 2.42. The second kappa shape index (κ2) is 6.45. The van der Waals surface area contributed by atoms with E-state index >= 15 is 0 Å². The zero-order chi connectivity index (χ0) is 19.2. The zero-order valence-electron chi connectivity index (χ0n) is 14.6. The molecule has 8 heteroatoms. The minimum absolute atomic E-state index is 0.00100. The van der Waals surface area contributed by atoms with E-state index < -0.39 is 35.6 Å². The molecule has 3 amide bonds. The fraction of sp³-hybridized carbons (Fsp3) is 0.316. The molecule has 2 aliphatic rings. The van der Waals surface area contributed by atoms with Crippen molar-refractivity contribution in [3.8, 4) is 5.75 Å². The summed E-state index contributed by atoms with van der Waals surface area (Å²) in [6, 6.07) is 4.82. The number of rotatable bonds is 4. The van der Waals surface area contributed by atoms with Crippen LogP contribution in [0.2, 0.25) is 0 Å². The lowest BCUT2D eigenvalue weighted by molar-refractivity contribution is -0.131. The molecule has 1 saturated heterocycles. The molecule has 1 aliphatic carbocycles. The molecule has 0 saturated carbocycles. The largest absolute Gasteiger partial charge is 0.496 e. The maximum atomic E-state index is 13.6. The number of halogens is 1. The van der Waals surface area contributed by atoms with Gasteiger partial charge >= 0.3 is 6.03 Å². The van der Waals surface area contributed by atoms with Gasteiger partial charge in [-0.25, -0.2) is 9.18 Å².